The van der Waals surface area contributed by atoms with Gasteiger partial charge in [-0.3, -0.25) is 24.1 Å². The minimum Gasteiger partial charge on any atom is -0.497 e. The van der Waals surface area contributed by atoms with E-state index >= 15 is 0 Å². The molecule has 1 saturated heterocycles. The van der Waals surface area contributed by atoms with E-state index in [1.165, 1.54) is 4.90 Å². The van der Waals surface area contributed by atoms with Crippen molar-refractivity contribution in [2.45, 2.75) is 32.2 Å². The van der Waals surface area contributed by atoms with Gasteiger partial charge >= 0.3 is 0 Å². The molecular formula is C18H17NO5. The Labute approximate surface area is 138 Å². The van der Waals surface area contributed by atoms with Gasteiger partial charge < -0.3 is 4.74 Å². The van der Waals surface area contributed by atoms with E-state index in [-0.39, 0.29) is 55.6 Å². The molecule has 0 atom stereocenters. The predicted molar refractivity (Wildman–Crippen MR) is 81.9 cm³/mol. The molecule has 24 heavy (non-hydrogen) atoms. The fourth-order valence-corrected chi connectivity index (χ4v) is 4.65. The first-order valence-electron chi connectivity index (χ1n) is 7.95. The number of rotatable bonds is 3. The lowest BCUT2D eigenvalue weighted by Crippen LogP contribution is -2.36. The summed E-state index contributed by atoms with van der Waals surface area (Å²) in [4.78, 5) is 51.1. The van der Waals surface area contributed by atoms with E-state index in [9.17, 15) is 19.2 Å². The van der Waals surface area contributed by atoms with Crippen molar-refractivity contribution in [2.75, 3.05) is 7.11 Å². The standard InChI is InChI=1S/C18H17NO5/c1-24-14-4-2-11(3-5-14)10-19-15(22)17-6-12(20)7-18(17,16(19)23)9-13(21)8-17/h2-5H,6-10H2,1H3. The average Bonchev–Trinajstić information content (AvgIpc) is 3.04. The van der Waals surface area contributed by atoms with Crippen molar-refractivity contribution in [1.82, 2.24) is 4.90 Å². The van der Waals surface area contributed by atoms with Crippen LogP contribution >= 0.6 is 0 Å². The molecule has 0 N–H and O–H groups in total. The minimum absolute atomic E-state index is 0.0163. The summed E-state index contributed by atoms with van der Waals surface area (Å²) in [6.07, 6.45) is 0.0652. The first-order chi connectivity index (χ1) is 11.4. The Bertz CT molecular complexity index is 721. The fraction of sp³-hybridized carbons (Fsp3) is 0.444. The average molecular weight is 327 g/mol. The van der Waals surface area contributed by atoms with Gasteiger partial charge in [-0.1, -0.05) is 12.1 Å². The molecule has 1 aromatic rings. The number of ether oxygens (including phenoxy) is 1. The lowest BCUT2D eigenvalue weighted by molar-refractivity contribution is -0.146. The monoisotopic (exact) mass is 327 g/mol. The molecule has 0 bridgehead atoms. The Morgan fingerprint density at radius 1 is 0.875 bits per heavy atom. The quantitative estimate of drug-likeness (QED) is 0.781. The van der Waals surface area contributed by atoms with Gasteiger partial charge in [0.25, 0.3) is 0 Å². The minimum atomic E-state index is -1.12. The molecule has 2 amide bonds. The summed E-state index contributed by atoms with van der Waals surface area (Å²) < 4.78 is 5.10. The molecule has 0 spiro atoms. The second-order valence-electron chi connectivity index (χ2n) is 6.99. The van der Waals surface area contributed by atoms with Crippen LogP contribution in [0.25, 0.3) is 0 Å². The molecule has 6 heteroatoms. The first-order valence-corrected chi connectivity index (χ1v) is 7.95. The smallest absolute Gasteiger partial charge is 0.237 e. The van der Waals surface area contributed by atoms with E-state index < -0.39 is 10.8 Å². The van der Waals surface area contributed by atoms with Gasteiger partial charge in [0.2, 0.25) is 11.8 Å². The van der Waals surface area contributed by atoms with Crippen molar-refractivity contribution in [3.05, 3.63) is 29.8 Å². The van der Waals surface area contributed by atoms with Crippen LogP contribution in [-0.2, 0) is 25.7 Å². The van der Waals surface area contributed by atoms with E-state index in [0.717, 1.165) is 5.56 Å². The third-order valence-corrected chi connectivity index (χ3v) is 5.72. The van der Waals surface area contributed by atoms with Gasteiger partial charge in [-0.15, -0.1) is 0 Å². The summed E-state index contributed by atoms with van der Waals surface area (Å²) in [5.74, 6) is -0.207. The van der Waals surface area contributed by atoms with E-state index in [2.05, 4.69) is 0 Å². The number of carbonyl (C=O) groups excluding carboxylic acids is 4. The highest BCUT2D eigenvalue weighted by Gasteiger charge is 2.76. The van der Waals surface area contributed by atoms with Gasteiger partial charge in [-0.25, -0.2) is 0 Å². The topological polar surface area (TPSA) is 80.8 Å². The van der Waals surface area contributed by atoms with Gasteiger partial charge in [0, 0.05) is 25.7 Å². The molecule has 2 aliphatic carbocycles. The number of likely N-dealkylation sites (tertiary alicyclic amines) is 1. The van der Waals surface area contributed by atoms with Crippen molar-refractivity contribution in [1.29, 1.82) is 0 Å². The summed E-state index contributed by atoms with van der Waals surface area (Å²) in [6, 6.07) is 7.14. The molecular weight excluding hydrogens is 310 g/mol. The van der Waals surface area contributed by atoms with Gasteiger partial charge in [0.1, 0.15) is 17.3 Å². The molecule has 1 heterocycles. The van der Waals surface area contributed by atoms with Crippen molar-refractivity contribution in [2.24, 2.45) is 10.8 Å². The van der Waals surface area contributed by atoms with Crippen LogP contribution in [0, 0.1) is 10.8 Å². The molecule has 1 aromatic carbocycles. The zero-order valence-corrected chi connectivity index (χ0v) is 13.3. The van der Waals surface area contributed by atoms with Crippen LogP contribution in [0.4, 0.5) is 0 Å². The van der Waals surface area contributed by atoms with E-state index in [0.29, 0.717) is 5.75 Å². The third-order valence-electron chi connectivity index (χ3n) is 5.72. The second kappa shape index (κ2) is 4.75. The summed E-state index contributed by atoms with van der Waals surface area (Å²) in [7, 11) is 1.57. The number of Topliss-reactive ketones (excluding diaryl/α,β-unsaturated/α-hetero) is 2. The summed E-state index contributed by atoms with van der Waals surface area (Å²) >= 11 is 0. The highest BCUT2D eigenvalue weighted by molar-refractivity contribution is 6.19. The maximum absolute atomic E-state index is 13.0. The zero-order chi connectivity index (χ0) is 17.1. The van der Waals surface area contributed by atoms with Crippen molar-refractivity contribution >= 4 is 23.4 Å². The van der Waals surface area contributed by atoms with E-state index in [1.807, 2.05) is 0 Å². The Balaban J connectivity index is 1.68. The van der Waals surface area contributed by atoms with Gasteiger partial charge in [0.05, 0.1) is 24.5 Å². The number of nitrogens with zero attached hydrogens (tertiary/aromatic N) is 1. The molecule has 4 rings (SSSR count). The Hall–Kier alpha value is -2.50. The molecule has 0 aromatic heterocycles. The third kappa shape index (κ3) is 1.71. The van der Waals surface area contributed by atoms with Crippen LogP contribution in [0.2, 0.25) is 0 Å². The maximum Gasteiger partial charge on any atom is 0.237 e. The molecule has 2 saturated carbocycles. The Kier molecular flexibility index (Phi) is 2.98. The SMILES string of the molecule is COc1ccc(CN2C(=O)C34CC(=O)CC3(CC(=O)C4)C2=O)cc1. The molecule has 0 radical (unpaired) electrons. The van der Waals surface area contributed by atoms with Gasteiger partial charge in [-0.2, -0.15) is 0 Å². The molecule has 1 aliphatic heterocycles. The number of hydrogen-bond acceptors (Lipinski definition) is 5. The van der Waals surface area contributed by atoms with E-state index in [4.69, 9.17) is 4.74 Å². The number of methoxy groups -OCH3 is 1. The summed E-state index contributed by atoms with van der Waals surface area (Å²) in [5.41, 5.74) is -1.43. The van der Waals surface area contributed by atoms with Gasteiger partial charge in [-0.05, 0) is 17.7 Å². The number of imide groups is 1. The number of hydrogen-bond donors (Lipinski definition) is 0. The van der Waals surface area contributed by atoms with Crippen molar-refractivity contribution < 1.29 is 23.9 Å². The number of ketones is 2. The summed E-state index contributed by atoms with van der Waals surface area (Å²) in [6.45, 7) is 0.160. The van der Waals surface area contributed by atoms with Crippen molar-refractivity contribution in [3.63, 3.8) is 0 Å². The molecule has 6 nitrogen and oxygen atoms in total. The van der Waals surface area contributed by atoms with Crippen LogP contribution in [0.5, 0.6) is 5.75 Å². The van der Waals surface area contributed by atoms with Crippen molar-refractivity contribution in [3.8, 4) is 5.75 Å². The van der Waals surface area contributed by atoms with Crippen LogP contribution in [-0.4, -0.2) is 35.4 Å². The van der Waals surface area contributed by atoms with E-state index in [1.54, 1.807) is 31.4 Å². The largest absolute Gasteiger partial charge is 0.497 e. The Morgan fingerprint density at radius 2 is 1.33 bits per heavy atom. The first kappa shape index (κ1) is 15.1. The fourth-order valence-electron chi connectivity index (χ4n) is 4.65. The number of carbonyl (C=O) groups is 4. The zero-order valence-electron chi connectivity index (χ0n) is 13.3. The summed E-state index contributed by atoms with van der Waals surface area (Å²) in [5, 5.41) is 0. The second-order valence-corrected chi connectivity index (χ2v) is 6.99. The Morgan fingerprint density at radius 3 is 1.75 bits per heavy atom. The highest BCUT2D eigenvalue weighted by atomic mass is 16.5. The molecule has 3 aliphatic rings. The number of amides is 2. The van der Waals surface area contributed by atoms with Crippen LogP contribution in [0.15, 0.2) is 24.3 Å². The highest BCUT2D eigenvalue weighted by Crippen LogP contribution is 2.65. The van der Waals surface area contributed by atoms with Gasteiger partial charge in [0.15, 0.2) is 0 Å². The van der Waals surface area contributed by atoms with Crippen LogP contribution < -0.4 is 4.74 Å². The normalized spacial score (nSPS) is 31.6. The predicted octanol–water partition coefficient (Wildman–Crippen LogP) is 1.26. The van der Waals surface area contributed by atoms with Crippen LogP contribution in [0.3, 0.4) is 0 Å². The maximum atomic E-state index is 13.0. The molecule has 124 valence electrons. The number of benzene rings is 1. The lowest BCUT2D eigenvalue weighted by atomic mass is 9.70. The molecule has 0 unspecified atom stereocenters. The molecule has 3 fully saturated rings. The lowest BCUT2D eigenvalue weighted by Gasteiger charge is -2.25. The van der Waals surface area contributed by atoms with Crippen LogP contribution in [0.1, 0.15) is 31.2 Å².